The van der Waals surface area contributed by atoms with E-state index in [2.05, 4.69) is 47.4 Å². The third-order valence-electron chi connectivity index (χ3n) is 9.80. The van der Waals surface area contributed by atoms with E-state index < -0.39 is 0 Å². The van der Waals surface area contributed by atoms with Gasteiger partial charge in [0, 0.05) is 43.8 Å². The second-order valence-electron chi connectivity index (χ2n) is 13.0. The van der Waals surface area contributed by atoms with Gasteiger partial charge in [-0.25, -0.2) is 19.9 Å². The number of para-hydroxylation sites is 3. The van der Waals surface area contributed by atoms with Crippen LogP contribution >= 0.6 is 0 Å². The third-order valence-corrected chi connectivity index (χ3v) is 9.80. The number of benzene rings is 7. The van der Waals surface area contributed by atoms with Crippen LogP contribution < -0.4 is 0 Å². The SMILES string of the molecule is c1ccc(-c2nc(-c3ccc4oc5ccccc5c4c3)nc(-c3cccc4oc5ccc(-c6ccc(-c7nc8ccccc8o7)cc6)cc5c34)n2)cc1. The smallest absolute Gasteiger partial charge is 0.227 e. The molecule has 7 nitrogen and oxygen atoms in total. The molecular weight excluding hydrogens is 657 g/mol. The average molecular weight is 683 g/mol. The number of nitrogens with zero attached hydrogens (tertiary/aromatic N) is 4. The Kier molecular flexibility index (Phi) is 6.42. The number of rotatable bonds is 5. The molecule has 0 saturated carbocycles. The minimum atomic E-state index is 0.562. The second kappa shape index (κ2) is 11.6. The van der Waals surface area contributed by atoms with Gasteiger partial charge in [-0.2, -0.15) is 0 Å². The highest BCUT2D eigenvalue weighted by atomic mass is 16.3. The monoisotopic (exact) mass is 682 g/mol. The van der Waals surface area contributed by atoms with Gasteiger partial charge in [0.1, 0.15) is 27.8 Å². The molecule has 0 N–H and O–H groups in total. The zero-order chi connectivity index (χ0) is 34.9. The van der Waals surface area contributed by atoms with Gasteiger partial charge in [-0.15, -0.1) is 0 Å². The highest BCUT2D eigenvalue weighted by Gasteiger charge is 2.19. The summed E-state index contributed by atoms with van der Waals surface area (Å²) in [7, 11) is 0. The van der Waals surface area contributed by atoms with Crippen LogP contribution in [0.4, 0.5) is 0 Å². The molecule has 0 spiro atoms. The van der Waals surface area contributed by atoms with Crippen LogP contribution in [-0.4, -0.2) is 19.9 Å². The van der Waals surface area contributed by atoms with Crippen molar-refractivity contribution in [3.8, 4) is 56.7 Å². The first-order valence-electron chi connectivity index (χ1n) is 17.4. The lowest BCUT2D eigenvalue weighted by atomic mass is 9.99. The molecule has 4 aromatic heterocycles. The number of fused-ring (bicyclic) bond motifs is 7. The summed E-state index contributed by atoms with van der Waals surface area (Å²) in [4.78, 5) is 19.9. The summed E-state index contributed by atoms with van der Waals surface area (Å²) in [5, 5.41) is 3.98. The summed E-state index contributed by atoms with van der Waals surface area (Å²) in [5.41, 5.74) is 10.5. The Morgan fingerprint density at radius 1 is 0.321 bits per heavy atom. The molecule has 4 heterocycles. The van der Waals surface area contributed by atoms with Crippen molar-refractivity contribution in [2.24, 2.45) is 0 Å². The Hall–Kier alpha value is -7.38. The van der Waals surface area contributed by atoms with Crippen LogP contribution in [0.15, 0.2) is 171 Å². The molecule has 248 valence electrons. The quantitative estimate of drug-likeness (QED) is 0.178. The Morgan fingerprint density at radius 2 is 0.925 bits per heavy atom. The predicted molar refractivity (Wildman–Crippen MR) is 209 cm³/mol. The Morgan fingerprint density at radius 3 is 1.77 bits per heavy atom. The molecule has 0 saturated heterocycles. The number of oxazole rings is 1. The van der Waals surface area contributed by atoms with Gasteiger partial charge in [-0.05, 0) is 77.9 Å². The van der Waals surface area contributed by atoms with Gasteiger partial charge in [0.05, 0.1) is 0 Å². The molecule has 0 aliphatic heterocycles. The van der Waals surface area contributed by atoms with Gasteiger partial charge < -0.3 is 13.3 Å². The van der Waals surface area contributed by atoms with Crippen molar-refractivity contribution >= 4 is 55.0 Å². The average Bonchev–Trinajstić information content (AvgIpc) is 3.94. The van der Waals surface area contributed by atoms with Crippen LogP contribution in [0.2, 0.25) is 0 Å². The molecule has 7 aromatic carbocycles. The molecule has 7 heteroatoms. The lowest BCUT2D eigenvalue weighted by Gasteiger charge is -2.09. The molecule has 53 heavy (non-hydrogen) atoms. The van der Waals surface area contributed by atoms with Crippen molar-refractivity contribution in [1.82, 2.24) is 19.9 Å². The van der Waals surface area contributed by atoms with Crippen LogP contribution in [0, 0.1) is 0 Å². The van der Waals surface area contributed by atoms with Gasteiger partial charge in [0.2, 0.25) is 5.89 Å². The van der Waals surface area contributed by atoms with Crippen molar-refractivity contribution in [3.63, 3.8) is 0 Å². The zero-order valence-electron chi connectivity index (χ0n) is 28.0. The van der Waals surface area contributed by atoms with Crippen molar-refractivity contribution in [2.45, 2.75) is 0 Å². The van der Waals surface area contributed by atoms with Gasteiger partial charge >= 0.3 is 0 Å². The molecule has 0 aliphatic carbocycles. The normalized spacial score (nSPS) is 11.8. The topological polar surface area (TPSA) is 91.0 Å². The van der Waals surface area contributed by atoms with E-state index >= 15 is 0 Å². The van der Waals surface area contributed by atoms with Crippen LogP contribution in [-0.2, 0) is 0 Å². The first-order valence-corrected chi connectivity index (χ1v) is 17.4. The van der Waals surface area contributed by atoms with E-state index in [0.717, 1.165) is 88.4 Å². The standard InChI is InChI=1S/C46H26N4O3/c1-2-9-28(10-3-1)43-48-44(31-22-24-38-34(26-31)32-11-4-6-14-37(32)51-38)50-45(49-43)33-12-8-16-41-42(33)35-25-30(21-23-39(35)52-41)27-17-19-29(20-18-27)46-47-36-13-5-7-15-40(36)53-46/h1-26H. The minimum Gasteiger partial charge on any atom is -0.456 e. The maximum Gasteiger partial charge on any atom is 0.227 e. The summed E-state index contributed by atoms with van der Waals surface area (Å²) in [6.07, 6.45) is 0. The molecule has 0 radical (unpaired) electrons. The summed E-state index contributed by atoms with van der Waals surface area (Å²) in [6.45, 7) is 0. The van der Waals surface area contributed by atoms with Crippen molar-refractivity contribution < 1.29 is 13.3 Å². The number of aromatic nitrogens is 4. The lowest BCUT2D eigenvalue weighted by molar-refractivity contribution is 0.620. The van der Waals surface area contributed by atoms with Crippen LogP contribution in [0.1, 0.15) is 0 Å². The highest BCUT2D eigenvalue weighted by Crippen LogP contribution is 2.39. The van der Waals surface area contributed by atoms with E-state index in [1.807, 2.05) is 115 Å². The minimum absolute atomic E-state index is 0.562. The third kappa shape index (κ3) is 4.90. The summed E-state index contributed by atoms with van der Waals surface area (Å²) >= 11 is 0. The Labute approximate surface area is 301 Å². The fourth-order valence-corrected chi connectivity index (χ4v) is 7.20. The summed E-state index contributed by atoms with van der Waals surface area (Å²) in [5.74, 6) is 2.33. The van der Waals surface area contributed by atoms with E-state index in [1.54, 1.807) is 0 Å². The summed E-state index contributed by atoms with van der Waals surface area (Å²) < 4.78 is 18.5. The number of furan rings is 2. The first kappa shape index (κ1) is 29.4. The zero-order valence-corrected chi connectivity index (χ0v) is 28.0. The fraction of sp³-hybridized carbons (Fsp3) is 0. The van der Waals surface area contributed by atoms with Crippen molar-refractivity contribution in [1.29, 1.82) is 0 Å². The lowest BCUT2D eigenvalue weighted by Crippen LogP contribution is -2.00. The molecule has 0 aliphatic rings. The van der Waals surface area contributed by atoms with Crippen LogP contribution in [0.5, 0.6) is 0 Å². The molecule has 0 bridgehead atoms. The Balaban J connectivity index is 1.05. The molecule has 11 aromatic rings. The largest absolute Gasteiger partial charge is 0.456 e. The van der Waals surface area contributed by atoms with Crippen molar-refractivity contribution in [2.75, 3.05) is 0 Å². The molecule has 0 atom stereocenters. The molecule has 0 amide bonds. The molecule has 0 fully saturated rings. The van der Waals surface area contributed by atoms with Gasteiger partial charge in [0.25, 0.3) is 0 Å². The number of hydrogen-bond acceptors (Lipinski definition) is 7. The summed E-state index contributed by atoms with van der Waals surface area (Å²) in [6, 6.07) is 52.6. The van der Waals surface area contributed by atoms with E-state index in [-0.39, 0.29) is 0 Å². The van der Waals surface area contributed by atoms with Crippen molar-refractivity contribution in [3.05, 3.63) is 158 Å². The fourth-order valence-electron chi connectivity index (χ4n) is 7.20. The maximum absolute atomic E-state index is 6.42. The van der Waals surface area contributed by atoms with E-state index in [1.165, 1.54) is 0 Å². The van der Waals surface area contributed by atoms with Crippen LogP contribution in [0.25, 0.3) is 112 Å². The Bertz CT molecular complexity index is 3140. The highest BCUT2D eigenvalue weighted by molar-refractivity contribution is 6.13. The second-order valence-corrected chi connectivity index (χ2v) is 13.0. The molecular formula is C46H26N4O3. The van der Waals surface area contributed by atoms with Crippen LogP contribution in [0.3, 0.4) is 0 Å². The predicted octanol–water partition coefficient (Wildman–Crippen LogP) is 12.1. The van der Waals surface area contributed by atoms with Gasteiger partial charge in [-0.1, -0.05) is 91.0 Å². The maximum atomic E-state index is 6.42. The first-order chi connectivity index (χ1) is 26.2. The number of hydrogen-bond donors (Lipinski definition) is 0. The van der Waals surface area contributed by atoms with E-state index in [9.17, 15) is 0 Å². The molecule has 11 rings (SSSR count). The van der Waals surface area contributed by atoms with E-state index in [0.29, 0.717) is 23.4 Å². The van der Waals surface area contributed by atoms with Gasteiger partial charge in [-0.3, -0.25) is 0 Å². The molecule has 0 unspecified atom stereocenters. The van der Waals surface area contributed by atoms with Gasteiger partial charge in [0.15, 0.2) is 23.1 Å². The van der Waals surface area contributed by atoms with E-state index in [4.69, 9.17) is 28.2 Å².